The first-order valence-electron chi connectivity index (χ1n) is 7.46. The van der Waals surface area contributed by atoms with Gasteiger partial charge >= 0.3 is 0 Å². The summed E-state index contributed by atoms with van der Waals surface area (Å²) < 4.78 is 5.72. The molecule has 0 fully saturated rings. The van der Waals surface area contributed by atoms with Crippen LogP contribution in [0.15, 0.2) is 42.5 Å². The second kappa shape index (κ2) is 7.58. The Morgan fingerprint density at radius 3 is 2.38 bits per heavy atom. The molecular weight excluding hydrogens is 264 g/mol. The van der Waals surface area contributed by atoms with Gasteiger partial charge in [-0.15, -0.1) is 0 Å². The van der Waals surface area contributed by atoms with Crippen molar-refractivity contribution in [3.05, 3.63) is 42.5 Å². The van der Waals surface area contributed by atoms with E-state index in [4.69, 9.17) is 4.74 Å². The fourth-order valence-corrected chi connectivity index (χ4v) is 2.24. The summed E-state index contributed by atoms with van der Waals surface area (Å²) >= 11 is 0. The normalized spacial score (nSPS) is 10.5. The number of benzene rings is 2. The van der Waals surface area contributed by atoms with E-state index in [1.54, 1.807) is 36.4 Å². The molecule has 0 spiro atoms. The van der Waals surface area contributed by atoms with Gasteiger partial charge in [0.2, 0.25) is 0 Å². The average molecular weight is 286 g/mol. The minimum atomic E-state index is 0.134. The fourth-order valence-electron chi connectivity index (χ4n) is 2.24. The smallest absolute Gasteiger partial charge is 0.123 e. The summed E-state index contributed by atoms with van der Waals surface area (Å²) in [4.78, 5) is 0. The lowest BCUT2D eigenvalue weighted by Gasteiger charge is -2.11. The maximum atomic E-state index is 9.99. The second-order valence-corrected chi connectivity index (χ2v) is 5.11. The number of rotatable bonds is 7. The zero-order valence-corrected chi connectivity index (χ0v) is 12.4. The van der Waals surface area contributed by atoms with Gasteiger partial charge in [-0.25, -0.2) is 0 Å². The third kappa shape index (κ3) is 4.15. The van der Waals surface area contributed by atoms with Crippen LogP contribution < -0.4 is 4.74 Å². The Labute approximate surface area is 125 Å². The van der Waals surface area contributed by atoms with Crippen LogP contribution in [0.2, 0.25) is 0 Å². The van der Waals surface area contributed by atoms with E-state index in [9.17, 15) is 10.2 Å². The first-order valence-corrected chi connectivity index (χ1v) is 7.46. The monoisotopic (exact) mass is 286 g/mol. The zero-order chi connectivity index (χ0) is 15.1. The number of hydrogen-bond donors (Lipinski definition) is 2. The zero-order valence-electron chi connectivity index (χ0n) is 12.4. The molecule has 21 heavy (non-hydrogen) atoms. The van der Waals surface area contributed by atoms with Crippen LogP contribution in [0.1, 0.15) is 32.6 Å². The lowest BCUT2D eigenvalue weighted by molar-refractivity contribution is 0.304. The molecule has 3 heteroatoms. The molecule has 3 nitrogen and oxygen atoms in total. The molecule has 0 saturated heterocycles. The van der Waals surface area contributed by atoms with E-state index in [2.05, 4.69) is 6.92 Å². The summed E-state index contributed by atoms with van der Waals surface area (Å²) in [5.41, 5.74) is 1.19. The third-order valence-electron chi connectivity index (χ3n) is 3.43. The van der Waals surface area contributed by atoms with E-state index in [0.29, 0.717) is 23.5 Å². The highest BCUT2D eigenvalue weighted by molar-refractivity contribution is 5.76. The molecule has 0 amide bonds. The predicted octanol–water partition coefficient (Wildman–Crippen LogP) is 4.72. The summed E-state index contributed by atoms with van der Waals surface area (Å²) in [5.74, 6) is 0.991. The van der Waals surface area contributed by atoms with Crippen LogP contribution >= 0.6 is 0 Å². The molecule has 0 atom stereocenters. The topological polar surface area (TPSA) is 49.7 Å². The Morgan fingerprint density at radius 1 is 0.857 bits per heavy atom. The molecule has 112 valence electrons. The van der Waals surface area contributed by atoms with E-state index in [-0.39, 0.29) is 11.5 Å². The lowest BCUT2D eigenvalue weighted by Crippen LogP contribution is -1.97. The van der Waals surface area contributed by atoms with Crippen LogP contribution in [-0.2, 0) is 0 Å². The Balaban J connectivity index is 2.09. The number of hydrogen-bond acceptors (Lipinski definition) is 3. The van der Waals surface area contributed by atoms with Crippen LogP contribution in [0, 0.1) is 0 Å². The van der Waals surface area contributed by atoms with Crippen LogP contribution in [0.5, 0.6) is 17.2 Å². The number of ether oxygens (including phenoxy) is 1. The first kappa shape index (κ1) is 15.2. The molecule has 0 unspecified atom stereocenters. The summed E-state index contributed by atoms with van der Waals surface area (Å²) in [6, 6.07) is 12.1. The molecule has 0 aromatic heterocycles. The fraction of sp³-hybridized carbons (Fsp3) is 0.333. The highest BCUT2D eigenvalue weighted by atomic mass is 16.5. The van der Waals surface area contributed by atoms with Crippen molar-refractivity contribution in [3.8, 4) is 28.4 Å². The predicted molar refractivity (Wildman–Crippen MR) is 84.8 cm³/mol. The first-order chi connectivity index (χ1) is 10.2. The number of phenolic OH excluding ortho intramolecular Hbond substituents is 2. The number of phenols is 2. The molecule has 2 aromatic carbocycles. The third-order valence-corrected chi connectivity index (χ3v) is 3.43. The van der Waals surface area contributed by atoms with Gasteiger partial charge < -0.3 is 14.9 Å². The van der Waals surface area contributed by atoms with E-state index in [1.165, 1.54) is 19.3 Å². The molecule has 2 aromatic rings. The van der Waals surface area contributed by atoms with Crippen LogP contribution in [0.25, 0.3) is 11.1 Å². The minimum absolute atomic E-state index is 0.134. The molecule has 0 aliphatic rings. The quantitative estimate of drug-likeness (QED) is 0.724. The molecule has 0 bridgehead atoms. The molecular formula is C18H22O3. The average Bonchev–Trinajstić information content (AvgIpc) is 2.49. The van der Waals surface area contributed by atoms with E-state index in [1.807, 2.05) is 6.07 Å². The van der Waals surface area contributed by atoms with Crippen LogP contribution in [-0.4, -0.2) is 16.8 Å². The SMILES string of the molecule is CCCCCCOc1ccc(O)c(-c2ccccc2O)c1. The van der Waals surface area contributed by atoms with E-state index < -0.39 is 0 Å². The highest BCUT2D eigenvalue weighted by Gasteiger charge is 2.10. The van der Waals surface area contributed by atoms with Crippen molar-refractivity contribution in [1.82, 2.24) is 0 Å². The Morgan fingerprint density at radius 2 is 1.62 bits per heavy atom. The minimum Gasteiger partial charge on any atom is -0.507 e. The largest absolute Gasteiger partial charge is 0.507 e. The number of unbranched alkanes of at least 4 members (excludes halogenated alkanes) is 3. The van der Waals surface area contributed by atoms with Crippen molar-refractivity contribution in [3.63, 3.8) is 0 Å². The van der Waals surface area contributed by atoms with Gasteiger partial charge in [0.25, 0.3) is 0 Å². The van der Waals surface area contributed by atoms with E-state index >= 15 is 0 Å². The molecule has 0 saturated carbocycles. The van der Waals surface area contributed by atoms with Crippen LogP contribution in [0.4, 0.5) is 0 Å². The molecule has 2 rings (SSSR count). The summed E-state index contributed by atoms with van der Waals surface area (Å²) in [6.07, 6.45) is 4.63. The van der Waals surface area contributed by atoms with Gasteiger partial charge in [0.1, 0.15) is 17.2 Å². The maximum absolute atomic E-state index is 9.99. The molecule has 0 aliphatic heterocycles. The molecule has 2 N–H and O–H groups in total. The van der Waals surface area contributed by atoms with Gasteiger partial charge in [-0.1, -0.05) is 44.4 Å². The Kier molecular flexibility index (Phi) is 5.50. The van der Waals surface area contributed by atoms with Crippen molar-refractivity contribution in [2.45, 2.75) is 32.6 Å². The molecule has 0 heterocycles. The van der Waals surface area contributed by atoms with Gasteiger partial charge in [-0.3, -0.25) is 0 Å². The van der Waals surface area contributed by atoms with Crippen molar-refractivity contribution in [1.29, 1.82) is 0 Å². The second-order valence-electron chi connectivity index (χ2n) is 5.11. The van der Waals surface area contributed by atoms with Gasteiger partial charge in [-0.05, 0) is 30.7 Å². The summed E-state index contributed by atoms with van der Waals surface area (Å²) in [6.45, 7) is 2.85. The Hall–Kier alpha value is -2.16. The summed E-state index contributed by atoms with van der Waals surface area (Å²) in [5, 5.41) is 19.9. The van der Waals surface area contributed by atoms with Gasteiger partial charge in [0.05, 0.1) is 6.61 Å². The van der Waals surface area contributed by atoms with Crippen molar-refractivity contribution < 1.29 is 14.9 Å². The van der Waals surface area contributed by atoms with Crippen LogP contribution in [0.3, 0.4) is 0 Å². The highest BCUT2D eigenvalue weighted by Crippen LogP contribution is 2.37. The Bertz CT molecular complexity index is 578. The maximum Gasteiger partial charge on any atom is 0.123 e. The van der Waals surface area contributed by atoms with Gasteiger partial charge in [0.15, 0.2) is 0 Å². The van der Waals surface area contributed by atoms with Crippen molar-refractivity contribution in [2.24, 2.45) is 0 Å². The molecule has 0 aliphatic carbocycles. The van der Waals surface area contributed by atoms with Crippen molar-refractivity contribution in [2.75, 3.05) is 6.61 Å². The van der Waals surface area contributed by atoms with Gasteiger partial charge in [-0.2, -0.15) is 0 Å². The standard InChI is InChI=1S/C18H22O3/c1-2-3-4-7-12-21-14-10-11-18(20)16(13-14)15-8-5-6-9-17(15)19/h5-6,8-11,13,19-20H,2-4,7,12H2,1H3. The summed E-state index contributed by atoms with van der Waals surface area (Å²) in [7, 11) is 0. The number of para-hydroxylation sites is 1. The van der Waals surface area contributed by atoms with Gasteiger partial charge in [0, 0.05) is 11.1 Å². The lowest BCUT2D eigenvalue weighted by atomic mass is 10.0. The number of aromatic hydroxyl groups is 2. The van der Waals surface area contributed by atoms with E-state index in [0.717, 1.165) is 6.42 Å². The molecule has 0 radical (unpaired) electrons. The van der Waals surface area contributed by atoms with Crippen molar-refractivity contribution >= 4 is 0 Å².